The quantitative estimate of drug-likeness (QED) is 0.409. The highest BCUT2D eigenvalue weighted by Gasteiger charge is 2.20. The molecule has 0 radical (unpaired) electrons. The van der Waals surface area contributed by atoms with Gasteiger partial charge >= 0.3 is 0 Å². The maximum Gasteiger partial charge on any atom is 0.293 e. The third-order valence-corrected chi connectivity index (χ3v) is 3.79. The number of sulfonamides is 1. The van der Waals surface area contributed by atoms with E-state index in [0.29, 0.717) is 0 Å². The zero-order valence-corrected chi connectivity index (χ0v) is 11.2. The Morgan fingerprint density at radius 2 is 2.05 bits per heavy atom. The SMILES string of the molecule is NNc1cc(S(=O)(=O)Nc2cnccn2)ccc1[N+](=O)[O-]. The Balaban J connectivity index is 2.39. The summed E-state index contributed by atoms with van der Waals surface area (Å²) in [5.41, 5.74) is 1.63. The molecule has 2 rings (SSSR count). The summed E-state index contributed by atoms with van der Waals surface area (Å²) in [5.74, 6) is 5.19. The van der Waals surface area contributed by atoms with E-state index in [9.17, 15) is 18.5 Å². The van der Waals surface area contributed by atoms with Gasteiger partial charge in [0, 0.05) is 18.5 Å². The van der Waals surface area contributed by atoms with E-state index >= 15 is 0 Å². The maximum absolute atomic E-state index is 12.1. The van der Waals surface area contributed by atoms with Crippen molar-refractivity contribution in [2.24, 2.45) is 5.84 Å². The lowest BCUT2D eigenvalue weighted by atomic mass is 10.3. The molecule has 0 unspecified atom stereocenters. The van der Waals surface area contributed by atoms with Gasteiger partial charge in [-0.3, -0.25) is 25.7 Å². The number of rotatable bonds is 5. The number of nitrogens with one attached hydrogen (secondary N) is 2. The first-order valence-electron chi connectivity index (χ1n) is 5.48. The number of anilines is 2. The normalized spacial score (nSPS) is 10.9. The van der Waals surface area contributed by atoms with E-state index < -0.39 is 14.9 Å². The maximum atomic E-state index is 12.1. The average molecular weight is 310 g/mol. The number of benzene rings is 1. The average Bonchev–Trinajstić information content (AvgIpc) is 2.47. The van der Waals surface area contributed by atoms with Crippen molar-refractivity contribution < 1.29 is 13.3 Å². The monoisotopic (exact) mass is 310 g/mol. The molecule has 0 fully saturated rings. The van der Waals surface area contributed by atoms with Crippen molar-refractivity contribution in [2.75, 3.05) is 10.1 Å². The molecule has 0 bridgehead atoms. The van der Waals surface area contributed by atoms with Gasteiger partial charge in [0.25, 0.3) is 15.7 Å². The van der Waals surface area contributed by atoms with Gasteiger partial charge in [-0.05, 0) is 12.1 Å². The van der Waals surface area contributed by atoms with Gasteiger partial charge in [0.15, 0.2) is 5.82 Å². The largest absolute Gasteiger partial charge is 0.318 e. The summed E-state index contributed by atoms with van der Waals surface area (Å²) in [7, 11) is -3.96. The molecule has 1 aromatic carbocycles. The zero-order chi connectivity index (χ0) is 15.5. The number of nitro groups is 1. The van der Waals surface area contributed by atoms with Crippen LogP contribution in [0.3, 0.4) is 0 Å². The molecule has 0 amide bonds. The van der Waals surface area contributed by atoms with E-state index in [1.54, 1.807) is 0 Å². The van der Waals surface area contributed by atoms with E-state index in [2.05, 4.69) is 20.1 Å². The fourth-order valence-electron chi connectivity index (χ4n) is 1.51. The lowest BCUT2D eigenvalue weighted by Crippen LogP contribution is -2.15. The molecule has 10 nitrogen and oxygen atoms in total. The smallest absolute Gasteiger partial charge is 0.293 e. The lowest BCUT2D eigenvalue weighted by molar-refractivity contribution is -0.384. The molecule has 4 N–H and O–H groups in total. The summed E-state index contributed by atoms with van der Waals surface area (Å²) in [6.45, 7) is 0. The van der Waals surface area contributed by atoms with Crippen molar-refractivity contribution in [1.82, 2.24) is 9.97 Å². The topological polar surface area (TPSA) is 153 Å². The number of hydrogen-bond acceptors (Lipinski definition) is 8. The number of nitrogens with zero attached hydrogens (tertiary/aromatic N) is 3. The van der Waals surface area contributed by atoms with Crippen molar-refractivity contribution in [3.05, 3.63) is 46.9 Å². The van der Waals surface area contributed by atoms with E-state index in [-0.39, 0.29) is 22.1 Å². The van der Waals surface area contributed by atoms with Crippen LogP contribution in [0, 0.1) is 10.1 Å². The predicted octanol–water partition coefficient (Wildman–Crippen LogP) is 0.471. The van der Waals surface area contributed by atoms with Gasteiger partial charge in [-0.15, -0.1) is 0 Å². The number of hydrogen-bond donors (Lipinski definition) is 3. The van der Waals surface area contributed by atoms with E-state index in [0.717, 1.165) is 18.2 Å². The van der Waals surface area contributed by atoms with Gasteiger partial charge in [-0.2, -0.15) is 0 Å². The van der Waals surface area contributed by atoms with Crippen LogP contribution in [0.2, 0.25) is 0 Å². The number of nitrogen functional groups attached to an aromatic ring is 1. The summed E-state index contributed by atoms with van der Waals surface area (Å²) in [6, 6.07) is 3.19. The second-order valence-corrected chi connectivity index (χ2v) is 5.46. The zero-order valence-electron chi connectivity index (χ0n) is 10.4. The van der Waals surface area contributed by atoms with Gasteiger partial charge in [-0.1, -0.05) is 0 Å². The van der Waals surface area contributed by atoms with E-state index in [4.69, 9.17) is 5.84 Å². The molecule has 21 heavy (non-hydrogen) atoms. The molecule has 110 valence electrons. The van der Waals surface area contributed by atoms with Gasteiger partial charge in [0.05, 0.1) is 16.0 Å². The van der Waals surface area contributed by atoms with Crippen molar-refractivity contribution in [3.8, 4) is 0 Å². The summed E-state index contributed by atoms with van der Waals surface area (Å²) in [6.07, 6.45) is 3.94. The third-order valence-electron chi connectivity index (χ3n) is 2.43. The van der Waals surface area contributed by atoms with Crippen molar-refractivity contribution >= 4 is 27.2 Å². The van der Waals surface area contributed by atoms with Gasteiger partial charge in [-0.25, -0.2) is 13.4 Å². The predicted molar refractivity (Wildman–Crippen MR) is 73.7 cm³/mol. The second kappa shape index (κ2) is 5.68. The van der Waals surface area contributed by atoms with Crippen molar-refractivity contribution in [1.29, 1.82) is 0 Å². The fourth-order valence-corrected chi connectivity index (χ4v) is 2.52. The van der Waals surface area contributed by atoms with Crippen LogP contribution in [-0.4, -0.2) is 23.3 Å². The Hall–Kier alpha value is -2.79. The lowest BCUT2D eigenvalue weighted by Gasteiger charge is -2.08. The number of nitrogens with two attached hydrogens (primary N) is 1. The van der Waals surface area contributed by atoms with Crippen LogP contribution in [0.15, 0.2) is 41.7 Å². The van der Waals surface area contributed by atoms with Crippen LogP contribution in [-0.2, 0) is 10.0 Å². The Labute approximate surface area is 119 Å². The molecule has 0 aliphatic carbocycles. The van der Waals surface area contributed by atoms with Crippen LogP contribution >= 0.6 is 0 Å². The van der Waals surface area contributed by atoms with Crippen LogP contribution in [0.4, 0.5) is 17.2 Å². The highest BCUT2D eigenvalue weighted by molar-refractivity contribution is 7.92. The summed E-state index contributed by atoms with van der Waals surface area (Å²) in [4.78, 5) is 17.4. The van der Waals surface area contributed by atoms with E-state index in [1.807, 2.05) is 0 Å². The van der Waals surface area contributed by atoms with Crippen LogP contribution in [0.5, 0.6) is 0 Å². The van der Waals surface area contributed by atoms with Gasteiger partial charge < -0.3 is 5.43 Å². The molecule has 1 aromatic heterocycles. The first-order chi connectivity index (χ1) is 9.94. The van der Waals surface area contributed by atoms with Gasteiger partial charge in [0.1, 0.15) is 5.69 Å². The second-order valence-electron chi connectivity index (χ2n) is 3.78. The molecule has 0 saturated heterocycles. The molecule has 1 heterocycles. The minimum absolute atomic E-state index is 0.0260. The number of aromatic nitrogens is 2. The molecule has 0 spiro atoms. The van der Waals surface area contributed by atoms with Gasteiger partial charge in [0.2, 0.25) is 0 Å². The summed E-state index contributed by atoms with van der Waals surface area (Å²) in [5, 5.41) is 10.8. The molecular weight excluding hydrogens is 300 g/mol. The Morgan fingerprint density at radius 1 is 1.29 bits per heavy atom. The molecule has 0 aliphatic rings. The van der Waals surface area contributed by atoms with Crippen LogP contribution in [0.1, 0.15) is 0 Å². The first-order valence-corrected chi connectivity index (χ1v) is 6.96. The number of nitro benzene ring substituents is 1. The minimum Gasteiger partial charge on any atom is -0.318 e. The first kappa shape index (κ1) is 14.6. The van der Waals surface area contributed by atoms with Crippen molar-refractivity contribution in [3.63, 3.8) is 0 Å². The van der Waals surface area contributed by atoms with Crippen molar-refractivity contribution in [2.45, 2.75) is 4.90 Å². The number of hydrazine groups is 1. The molecule has 0 atom stereocenters. The molecule has 11 heteroatoms. The highest BCUT2D eigenvalue weighted by atomic mass is 32.2. The van der Waals surface area contributed by atoms with Crippen LogP contribution < -0.4 is 16.0 Å². The minimum atomic E-state index is -3.96. The Bertz CT molecular complexity index is 764. The fraction of sp³-hybridized carbons (Fsp3) is 0. The summed E-state index contributed by atoms with van der Waals surface area (Å²) >= 11 is 0. The van der Waals surface area contributed by atoms with Crippen LogP contribution in [0.25, 0.3) is 0 Å². The molecule has 0 saturated carbocycles. The molecule has 0 aliphatic heterocycles. The molecule has 2 aromatic rings. The Kier molecular flexibility index (Phi) is 3.95. The summed E-state index contributed by atoms with van der Waals surface area (Å²) < 4.78 is 26.5. The standard InChI is InChI=1S/C10H10N6O4S/c11-14-8-5-7(1-2-9(8)16(17)18)21(19,20)15-10-6-12-3-4-13-10/h1-6,14H,11H2,(H,13,15). The highest BCUT2D eigenvalue weighted by Crippen LogP contribution is 2.27. The van der Waals surface area contributed by atoms with E-state index in [1.165, 1.54) is 18.6 Å². The third kappa shape index (κ3) is 3.21. The molecular formula is C10H10N6O4S. The Morgan fingerprint density at radius 3 is 2.62 bits per heavy atom.